The number of urea groups is 1. The van der Waals surface area contributed by atoms with Crippen molar-refractivity contribution in [2.24, 2.45) is 11.7 Å². The Labute approximate surface area is 154 Å². The SMILES string of the molecule is Cc1nsc(NC(=O)N2CCC(Cc3ccc(C(N)=O)cc3F)CC2)n1. The molecule has 0 aliphatic carbocycles. The molecule has 2 aromatic rings. The normalized spacial score (nSPS) is 15.1. The number of nitrogens with two attached hydrogens (primary N) is 1. The number of amides is 3. The monoisotopic (exact) mass is 377 g/mol. The fourth-order valence-corrected chi connectivity index (χ4v) is 3.60. The zero-order valence-electron chi connectivity index (χ0n) is 14.4. The van der Waals surface area contributed by atoms with Gasteiger partial charge in [0.15, 0.2) is 0 Å². The molecule has 26 heavy (non-hydrogen) atoms. The fraction of sp³-hybridized carbons (Fsp3) is 0.412. The molecule has 3 rings (SSSR count). The van der Waals surface area contributed by atoms with Gasteiger partial charge in [-0.1, -0.05) is 6.07 Å². The molecule has 0 saturated carbocycles. The molecule has 0 bridgehead atoms. The Morgan fingerprint density at radius 2 is 2.12 bits per heavy atom. The number of nitrogens with zero attached hydrogens (tertiary/aromatic N) is 3. The number of halogens is 1. The first-order chi connectivity index (χ1) is 12.4. The first kappa shape index (κ1) is 18.2. The topological polar surface area (TPSA) is 101 Å². The van der Waals surface area contributed by atoms with E-state index in [0.717, 1.165) is 24.4 Å². The Morgan fingerprint density at radius 3 is 2.69 bits per heavy atom. The molecule has 3 amide bonds. The standard InChI is InChI=1S/C17H20FN5O2S/c1-10-20-16(26-22-10)21-17(25)23-6-4-11(5-7-23)8-12-2-3-13(15(19)24)9-14(12)18/h2-3,9,11H,4-8H2,1H3,(H2,19,24)(H,20,21,22,25). The molecule has 7 nitrogen and oxygen atoms in total. The third-order valence-corrected chi connectivity index (χ3v) is 5.21. The molecule has 0 spiro atoms. The first-order valence-corrected chi connectivity index (χ1v) is 9.14. The Balaban J connectivity index is 1.52. The average Bonchev–Trinajstić information content (AvgIpc) is 3.02. The molecule has 1 aliphatic heterocycles. The molecule has 0 unspecified atom stereocenters. The van der Waals surface area contributed by atoms with Crippen LogP contribution < -0.4 is 11.1 Å². The average molecular weight is 377 g/mol. The lowest BCUT2D eigenvalue weighted by Crippen LogP contribution is -2.41. The van der Waals surface area contributed by atoms with Crippen LogP contribution in [0.4, 0.5) is 14.3 Å². The molecule has 138 valence electrons. The molecule has 1 saturated heterocycles. The lowest BCUT2D eigenvalue weighted by atomic mass is 9.89. The summed E-state index contributed by atoms with van der Waals surface area (Å²) >= 11 is 1.15. The van der Waals surface area contributed by atoms with Crippen LogP contribution >= 0.6 is 11.5 Å². The highest BCUT2D eigenvalue weighted by molar-refractivity contribution is 7.09. The van der Waals surface area contributed by atoms with E-state index in [0.29, 0.717) is 36.0 Å². The third kappa shape index (κ3) is 4.34. The number of primary amides is 1. The third-order valence-electron chi connectivity index (χ3n) is 4.49. The number of likely N-dealkylation sites (tertiary alicyclic amines) is 1. The number of nitrogens with one attached hydrogen (secondary N) is 1. The highest BCUT2D eigenvalue weighted by Crippen LogP contribution is 2.24. The van der Waals surface area contributed by atoms with Crippen molar-refractivity contribution in [2.45, 2.75) is 26.2 Å². The van der Waals surface area contributed by atoms with Gasteiger partial charge in [-0.3, -0.25) is 10.1 Å². The quantitative estimate of drug-likeness (QED) is 0.855. The fourth-order valence-electron chi connectivity index (χ4n) is 3.04. The summed E-state index contributed by atoms with van der Waals surface area (Å²) in [5.41, 5.74) is 5.90. The number of aromatic nitrogens is 2. The minimum Gasteiger partial charge on any atom is -0.366 e. The van der Waals surface area contributed by atoms with Crippen LogP contribution in [0, 0.1) is 18.7 Å². The summed E-state index contributed by atoms with van der Waals surface area (Å²) in [6.07, 6.45) is 2.16. The molecule has 2 heterocycles. The molecule has 9 heteroatoms. The van der Waals surface area contributed by atoms with Gasteiger partial charge in [-0.15, -0.1) is 0 Å². The van der Waals surface area contributed by atoms with Crippen LogP contribution in [-0.4, -0.2) is 39.3 Å². The Kier molecular flexibility index (Phi) is 5.46. The number of aryl methyl sites for hydroxylation is 1. The van der Waals surface area contributed by atoms with Crippen LogP contribution in [-0.2, 0) is 6.42 Å². The van der Waals surface area contributed by atoms with E-state index in [9.17, 15) is 14.0 Å². The van der Waals surface area contributed by atoms with E-state index in [1.807, 2.05) is 0 Å². The number of hydrogen-bond donors (Lipinski definition) is 2. The highest BCUT2D eigenvalue weighted by Gasteiger charge is 2.24. The van der Waals surface area contributed by atoms with Crippen molar-refractivity contribution in [1.82, 2.24) is 14.3 Å². The van der Waals surface area contributed by atoms with Crippen molar-refractivity contribution in [3.63, 3.8) is 0 Å². The number of carbonyl (C=O) groups excluding carboxylic acids is 2. The zero-order valence-corrected chi connectivity index (χ0v) is 15.2. The van der Waals surface area contributed by atoms with Gasteiger partial charge in [-0.05, 0) is 49.8 Å². The summed E-state index contributed by atoms with van der Waals surface area (Å²) in [6.45, 7) is 2.98. The van der Waals surface area contributed by atoms with E-state index in [4.69, 9.17) is 5.73 Å². The van der Waals surface area contributed by atoms with Crippen LogP contribution in [0.3, 0.4) is 0 Å². The van der Waals surface area contributed by atoms with E-state index >= 15 is 0 Å². The maximum Gasteiger partial charge on any atom is 0.323 e. The van der Waals surface area contributed by atoms with Gasteiger partial charge in [-0.25, -0.2) is 14.2 Å². The molecule has 1 aromatic carbocycles. The van der Waals surface area contributed by atoms with Gasteiger partial charge in [0.1, 0.15) is 11.6 Å². The summed E-state index contributed by atoms with van der Waals surface area (Å²) in [4.78, 5) is 29.2. The maximum absolute atomic E-state index is 14.1. The molecule has 1 aliphatic rings. The van der Waals surface area contributed by atoms with Gasteiger partial charge in [0.05, 0.1) is 0 Å². The predicted molar refractivity (Wildman–Crippen MR) is 96.6 cm³/mol. The van der Waals surface area contributed by atoms with E-state index in [2.05, 4.69) is 14.7 Å². The van der Waals surface area contributed by atoms with Crippen molar-refractivity contribution >= 4 is 28.6 Å². The van der Waals surface area contributed by atoms with Gasteiger partial charge in [-0.2, -0.15) is 4.37 Å². The highest BCUT2D eigenvalue weighted by atomic mass is 32.1. The van der Waals surface area contributed by atoms with Crippen LogP contribution in [0.15, 0.2) is 18.2 Å². The maximum atomic E-state index is 14.1. The molecule has 1 fully saturated rings. The minimum atomic E-state index is -0.639. The summed E-state index contributed by atoms with van der Waals surface area (Å²) in [5, 5.41) is 3.24. The minimum absolute atomic E-state index is 0.171. The number of anilines is 1. The van der Waals surface area contributed by atoms with Crippen molar-refractivity contribution in [2.75, 3.05) is 18.4 Å². The van der Waals surface area contributed by atoms with Crippen molar-refractivity contribution in [3.8, 4) is 0 Å². The number of benzene rings is 1. The van der Waals surface area contributed by atoms with Gasteiger partial charge in [0.2, 0.25) is 11.0 Å². The van der Waals surface area contributed by atoms with Crippen LogP contribution in [0.5, 0.6) is 0 Å². The molecule has 3 N–H and O–H groups in total. The number of rotatable bonds is 4. The van der Waals surface area contributed by atoms with Gasteiger partial charge in [0.25, 0.3) is 0 Å². The molecule has 0 radical (unpaired) electrons. The largest absolute Gasteiger partial charge is 0.366 e. The Bertz CT molecular complexity index is 817. The van der Waals surface area contributed by atoms with E-state index < -0.39 is 11.7 Å². The van der Waals surface area contributed by atoms with Gasteiger partial charge < -0.3 is 10.6 Å². The molecular formula is C17H20FN5O2S. The van der Waals surface area contributed by atoms with E-state index in [1.54, 1.807) is 24.0 Å². The van der Waals surface area contributed by atoms with Crippen molar-refractivity contribution in [3.05, 3.63) is 41.0 Å². The second-order valence-corrected chi connectivity index (χ2v) is 7.13. The molecule has 0 atom stereocenters. The summed E-state index contributed by atoms with van der Waals surface area (Å²) in [7, 11) is 0. The second-order valence-electron chi connectivity index (χ2n) is 6.38. The Morgan fingerprint density at radius 1 is 1.38 bits per heavy atom. The second kappa shape index (κ2) is 7.77. The first-order valence-electron chi connectivity index (χ1n) is 8.37. The van der Waals surface area contributed by atoms with Crippen molar-refractivity contribution < 1.29 is 14.0 Å². The lowest BCUT2D eigenvalue weighted by molar-refractivity contribution is 0.1000. The number of piperidine rings is 1. The molecular weight excluding hydrogens is 357 g/mol. The summed E-state index contributed by atoms with van der Waals surface area (Å²) in [5.74, 6) is -0.126. The lowest BCUT2D eigenvalue weighted by Gasteiger charge is -2.31. The van der Waals surface area contributed by atoms with Crippen molar-refractivity contribution in [1.29, 1.82) is 0 Å². The van der Waals surface area contributed by atoms with Crippen LogP contribution in [0.25, 0.3) is 0 Å². The summed E-state index contributed by atoms with van der Waals surface area (Å²) in [6, 6.07) is 4.17. The predicted octanol–water partition coefficient (Wildman–Crippen LogP) is 2.57. The van der Waals surface area contributed by atoms with E-state index in [1.165, 1.54) is 6.07 Å². The Hall–Kier alpha value is -2.55. The number of hydrogen-bond acceptors (Lipinski definition) is 5. The van der Waals surface area contributed by atoms with Gasteiger partial charge >= 0.3 is 6.03 Å². The zero-order chi connectivity index (χ0) is 18.7. The van der Waals surface area contributed by atoms with Crippen LogP contribution in [0.1, 0.15) is 34.6 Å². The van der Waals surface area contributed by atoms with Gasteiger partial charge in [0, 0.05) is 30.2 Å². The van der Waals surface area contributed by atoms with Crippen LogP contribution in [0.2, 0.25) is 0 Å². The molecule has 1 aromatic heterocycles. The summed E-state index contributed by atoms with van der Waals surface area (Å²) < 4.78 is 18.2. The van der Waals surface area contributed by atoms with E-state index in [-0.39, 0.29) is 17.5 Å². The smallest absolute Gasteiger partial charge is 0.323 e. The number of carbonyl (C=O) groups is 2.